The normalized spacial score (nSPS) is 16.2. The lowest BCUT2D eigenvalue weighted by molar-refractivity contribution is 0.0886. The smallest absolute Gasteiger partial charge is 0.0693 e. The van der Waals surface area contributed by atoms with Gasteiger partial charge in [-0.15, -0.1) is 0 Å². The zero-order chi connectivity index (χ0) is 10.3. The summed E-state index contributed by atoms with van der Waals surface area (Å²) in [7, 11) is 1.76. The largest absolute Gasteiger partial charge is 0.380 e. The molecular weight excluding hydrogens is 162 g/mol. The van der Waals surface area contributed by atoms with Gasteiger partial charge in [0, 0.05) is 13.2 Å². The molecule has 0 saturated carbocycles. The summed E-state index contributed by atoms with van der Waals surface area (Å²) in [5, 5.41) is 3.46. The quantitative estimate of drug-likeness (QED) is 0.618. The molecule has 0 radical (unpaired) electrons. The summed E-state index contributed by atoms with van der Waals surface area (Å²) in [5.41, 5.74) is 0. The molecular formula is C11H25NO. The molecule has 0 aliphatic heterocycles. The first-order valence-electron chi connectivity index (χ1n) is 5.34. The highest BCUT2D eigenvalue weighted by Gasteiger charge is 2.09. The Hall–Kier alpha value is -0.0800. The van der Waals surface area contributed by atoms with Crippen LogP contribution in [-0.2, 0) is 4.74 Å². The second-order valence-electron chi connectivity index (χ2n) is 4.22. The Kier molecular flexibility index (Phi) is 7.29. The minimum Gasteiger partial charge on any atom is -0.380 e. The molecule has 0 bridgehead atoms. The number of rotatable bonds is 7. The van der Waals surface area contributed by atoms with Gasteiger partial charge in [-0.1, -0.05) is 13.8 Å². The van der Waals surface area contributed by atoms with Crippen LogP contribution in [0.15, 0.2) is 0 Å². The van der Waals surface area contributed by atoms with E-state index in [0.717, 1.165) is 12.5 Å². The maximum Gasteiger partial charge on any atom is 0.0693 e. The van der Waals surface area contributed by atoms with Crippen molar-refractivity contribution in [2.24, 2.45) is 5.92 Å². The molecule has 2 unspecified atom stereocenters. The highest BCUT2D eigenvalue weighted by Crippen LogP contribution is 2.03. The number of hydrogen-bond donors (Lipinski definition) is 1. The first-order valence-corrected chi connectivity index (χ1v) is 5.34. The van der Waals surface area contributed by atoms with Gasteiger partial charge in [0.15, 0.2) is 0 Å². The van der Waals surface area contributed by atoms with Gasteiger partial charge >= 0.3 is 0 Å². The lowest BCUT2D eigenvalue weighted by atomic mass is 10.1. The molecule has 0 spiro atoms. The van der Waals surface area contributed by atoms with E-state index < -0.39 is 0 Å². The Morgan fingerprint density at radius 3 is 2.23 bits per heavy atom. The summed E-state index contributed by atoms with van der Waals surface area (Å²) in [5.74, 6) is 0.817. The van der Waals surface area contributed by atoms with Gasteiger partial charge in [-0.2, -0.15) is 0 Å². The van der Waals surface area contributed by atoms with Crippen LogP contribution in [-0.4, -0.2) is 25.8 Å². The predicted octanol–water partition coefficient (Wildman–Crippen LogP) is 2.44. The van der Waals surface area contributed by atoms with Crippen molar-refractivity contribution in [2.75, 3.05) is 13.7 Å². The summed E-state index contributed by atoms with van der Waals surface area (Å²) < 4.78 is 5.23. The molecule has 0 aromatic rings. The van der Waals surface area contributed by atoms with Crippen LogP contribution >= 0.6 is 0 Å². The third-order valence-electron chi connectivity index (χ3n) is 2.50. The van der Waals surface area contributed by atoms with E-state index in [9.17, 15) is 0 Å². The fourth-order valence-electron chi connectivity index (χ4n) is 1.21. The maximum atomic E-state index is 5.23. The highest BCUT2D eigenvalue weighted by molar-refractivity contribution is 4.67. The van der Waals surface area contributed by atoms with E-state index in [1.165, 1.54) is 12.8 Å². The fraction of sp³-hybridized carbons (Fsp3) is 1.00. The molecule has 80 valence electrons. The minimum atomic E-state index is 0.305. The molecule has 13 heavy (non-hydrogen) atoms. The second-order valence-corrected chi connectivity index (χ2v) is 4.22. The number of nitrogens with one attached hydrogen (secondary N) is 1. The minimum absolute atomic E-state index is 0.305. The van der Waals surface area contributed by atoms with Crippen LogP contribution in [0.1, 0.15) is 40.5 Å². The van der Waals surface area contributed by atoms with Crippen LogP contribution in [0.4, 0.5) is 0 Å². The highest BCUT2D eigenvalue weighted by atomic mass is 16.5. The van der Waals surface area contributed by atoms with E-state index >= 15 is 0 Å². The fourth-order valence-corrected chi connectivity index (χ4v) is 1.21. The lowest BCUT2D eigenvalue weighted by Gasteiger charge is -2.20. The van der Waals surface area contributed by atoms with E-state index in [-0.39, 0.29) is 0 Å². The summed E-state index contributed by atoms with van der Waals surface area (Å²) >= 11 is 0. The Bertz CT molecular complexity index is 115. The van der Waals surface area contributed by atoms with Crippen LogP contribution in [0.25, 0.3) is 0 Å². The zero-order valence-electron chi connectivity index (χ0n) is 9.76. The molecule has 0 aromatic heterocycles. The molecule has 2 heteroatoms. The van der Waals surface area contributed by atoms with Gasteiger partial charge in [-0.25, -0.2) is 0 Å². The Morgan fingerprint density at radius 2 is 1.77 bits per heavy atom. The van der Waals surface area contributed by atoms with Crippen LogP contribution in [0.2, 0.25) is 0 Å². The Labute approximate surface area is 83.1 Å². The van der Waals surface area contributed by atoms with E-state index in [0.29, 0.717) is 12.1 Å². The number of methoxy groups -OCH3 is 1. The average molecular weight is 187 g/mol. The summed E-state index contributed by atoms with van der Waals surface area (Å²) in [6, 6.07) is 0.456. The molecule has 0 aliphatic rings. The molecule has 0 aliphatic carbocycles. The van der Waals surface area contributed by atoms with Crippen molar-refractivity contribution in [2.45, 2.75) is 52.7 Å². The first-order chi connectivity index (χ1) is 6.07. The van der Waals surface area contributed by atoms with Crippen molar-refractivity contribution < 1.29 is 4.74 Å². The summed E-state index contributed by atoms with van der Waals surface area (Å²) in [6.45, 7) is 9.90. The van der Waals surface area contributed by atoms with Crippen LogP contribution in [0, 0.1) is 5.92 Å². The van der Waals surface area contributed by atoms with Gasteiger partial charge < -0.3 is 10.1 Å². The van der Waals surface area contributed by atoms with Crippen molar-refractivity contribution in [3.05, 3.63) is 0 Å². The molecule has 0 saturated heterocycles. The van der Waals surface area contributed by atoms with Gasteiger partial charge in [0.1, 0.15) is 0 Å². The Morgan fingerprint density at radius 1 is 1.15 bits per heavy atom. The van der Waals surface area contributed by atoms with E-state index in [2.05, 4.69) is 33.0 Å². The van der Waals surface area contributed by atoms with Gasteiger partial charge in [0.25, 0.3) is 0 Å². The van der Waals surface area contributed by atoms with Crippen molar-refractivity contribution >= 4 is 0 Å². The van der Waals surface area contributed by atoms with Gasteiger partial charge in [0.2, 0.25) is 0 Å². The Balaban J connectivity index is 3.31. The standard InChI is InChI=1S/C11H25NO/c1-9(2)7-6-8-12-10(3)11(4)13-5/h9-12H,6-8H2,1-5H3. The summed E-state index contributed by atoms with van der Waals surface area (Å²) in [6.07, 6.45) is 2.87. The van der Waals surface area contributed by atoms with Crippen LogP contribution < -0.4 is 5.32 Å². The third kappa shape index (κ3) is 7.03. The third-order valence-corrected chi connectivity index (χ3v) is 2.50. The molecule has 2 nitrogen and oxygen atoms in total. The molecule has 2 atom stereocenters. The van der Waals surface area contributed by atoms with E-state index in [1.54, 1.807) is 7.11 Å². The van der Waals surface area contributed by atoms with Crippen LogP contribution in [0.3, 0.4) is 0 Å². The van der Waals surface area contributed by atoms with Crippen molar-refractivity contribution in [3.8, 4) is 0 Å². The summed E-state index contributed by atoms with van der Waals surface area (Å²) in [4.78, 5) is 0. The SMILES string of the molecule is COC(C)C(C)NCCCC(C)C. The number of hydrogen-bond acceptors (Lipinski definition) is 2. The van der Waals surface area contributed by atoms with E-state index in [4.69, 9.17) is 4.74 Å². The van der Waals surface area contributed by atoms with Crippen molar-refractivity contribution in [1.82, 2.24) is 5.32 Å². The number of ether oxygens (including phenoxy) is 1. The van der Waals surface area contributed by atoms with Crippen molar-refractivity contribution in [1.29, 1.82) is 0 Å². The molecule has 0 rings (SSSR count). The maximum absolute atomic E-state index is 5.23. The lowest BCUT2D eigenvalue weighted by Crippen LogP contribution is -2.37. The van der Waals surface area contributed by atoms with Crippen LogP contribution in [0.5, 0.6) is 0 Å². The zero-order valence-corrected chi connectivity index (χ0v) is 9.76. The predicted molar refractivity (Wildman–Crippen MR) is 58.0 cm³/mol. The van der Waals surface area contributed by atoms with Gasteiger partial charge in [-0.05, 0) is 39.2 Å². The van der Waals surface area contributed by atoms with Gasteiger partial charge in [0.05, 0.1) is 6.10 Å². The van der Waals surface area contributed by atoms with E-state index in [1.807, 2.05) is 0 Å². The second kappa shape index (κ2) is 7.34. The molecule has 0 amide bonds. The molecule has 0 aromatic carbocycles. The monoisotopic (exact) mass is 187 g/mol. The average Bonchev–Trinajstić information content (AvgIpc) is 2.10. The van der Waals surface area contributed by atoms with Crippen molar-refractivity contribution in [3.63, 3.8) is 0 Å². The van der Waals surface area contributed by atoms with Gasteiger partial charge in [-0.3, -0.25) is 0 Å². The topological polar surface area (TPSA) is 21.3 Å². The molecule has 0 heterocycles. The first kappa shape index (κ1) is 12.9. The molecule has 0 fully saturated rings. The molecule has 1 N–H and O–H groups in total.